The number of sulfonamides is 1. The summed E-state index contributed by atoms with van der Waals surface area (Å²) >= 11 is 1.09. The molecule has 32 heavy (non-hydrogen) atoms. The number of likely N-dealkylation sites (tertiary alicyclic amines) is 1. The number of carbonyl (C=O) groups excluding carboxylic acids is 2. The van der Waals surface area contributed by atoms with Crippen molar-refractivity contribution in [1.29, 1.82) is 0 Å². The Morgan fingerprint density at radius 1 is 1.12 bits per heavy atom. The molecule has 0 bridgehead atoms. The fraction of sp³-hybridized carbons (Fsp3) is 0.500. The molecule has 172 valence electrons. The fourth-order valence-corrected chi connectivity index (χ4v) is 6.94. The third kappa shape index (κ3) is 5.19. The van der Waals surface area contributed by atoms with E-state index in [-0.39, 0.29) is 21.9 Å². The molecular weight excluding hydrogens is 448 g/mol. The Morgan fingerprint density at radius 3 is 2.56 bits per heavy atom. The van der Waals surface area contributed by atoms with Gasteiger partial charge in [-0.3, -0.25) is 14.6 Å². The summed E-state index contributed by atoms with van der Waals surface area (Å²) in [5.41, 5.74) is 1.37. The van der Waals surface area contributed by atoms with Crippen molar-refractivity contribution in [2.24, 2.45) is 5.92 Å². The molecule has 2 saturated heterocycles. The maximum absolute atomic E-state index is 13.1. The molecule has 0 saturated carbocycles. The lowest BCUT2D eigenvalue weighted by atomic mass is 9.97. The summed E-state index contributed by atoms with van der Waals surface area (Å²) in [7, 11) is -3.67. The minimum absolute atomic E-state index is 0.0589. The Kier molecular flexibility index (Phi) is 7.22. The summed E-state index contributed by atoms with van der Waals surface area (Å²) in [6.07, 6.45) is 7.45. The number of aromatic nitrogens is 1. The van der Waals surface area contributed by atoms with E-state index in [1.807, 2.05) is 12.1 Å². The number of pyridine rings is 1. The molecule has 4 heterocycles. The highest BCUT2D eigenvalue weighted by Crippen LogP contribution is 2.29. The number of nitrogens with zero attached hydrogens (tertiary/aromatic N) is 3. The van der Waals surface area contributed by atoms with Crippen molar-refractivity contribution in [3.8, 4) is 0 Å². The molecule has 2 amide bonds. The van der Waals surface area contributed by atoms with E-state index in [9.17, 15) is 18.0 Å². The third-order valence-electron chi connectivity index (χ3n) is 6.07. The molecule has 2 aliphatic heterocycles. The molecule has 0 aromatic carbocycles. The van der Waals surface area contributed by atoms with E-state index in [0.717, 1.165) is 49.3 Å². The molecular formula is C22H28N4O4S2. The van der Waals surface area contributed by atoms with Crippen molar-refractivity contribution in [3.63, 3.8) is 0 Å². The van der Waals surface area contributed by atoms with Crippen LogP contribution in [0.15, 0.2) is 40.2 Å². The second-order valence-electron chi connectivity index (χ2n) is 8.26. The monoisotopic (exact) mass is 476 g/mol. The molecule has 0 aliphatic carbocycles. The summed E-state index contributed by atoms with van der Waals surface area (Å²) in [5.74, 6) is -0.361. The highest BCUT2D eigenvalue weighted by molar-refractivity contribution is 7.91. The number of rotatable bonds is 6. The molecule has 0 unspecified atom stereocenters. The Hall–Kier alpha value is -2.30. The highest BCUT2D eigenvalue weighted by atomic mass is 32.2. The van der Waals surface area contributed by atoms with Gasteiger partial charge in [0.2, 0.25) is 5.91 Å². The zero-order valence-electron chi connectivity index (χ0n) is 17.9. The summed E-state index contributed by atoms with van der Waals surface area (Å²) in [5, 5.41) is 4.56. The predicted molar refractivity (Wildman–Crippen MR) is 122 cm³/mol. The van der Waals surface area contributed by atoms with Gasteiger partial charge in [0.25, 0.3) is 15.9 Å². The van der Waals surface area contributed by atoms with Crippen molar-refractivity contribution >= 4 is 33.2 Å². The van der Waals surface area contributed by atoms with Gasteiger partial charge in [-0.25, -0.2) is 8.42 Å². The summed E-state index contributed by atoms with van der Waals surface area (Å²) in [6, 6.07) is 5.22. The molecule has 8 nitrogen and oxygen atoms in total. The van der Waals surface area contributed by atoms with Crippen molar-refractivity contribution in [2.45, 2.75) is 42.9 Å². The zero-order valence-corrected chi connectivity index (χ0v) is 19.5. The minimum atomic E-state index is -3.67. The van der Waals surface area contributed by atoms with Crippen LogP contribution in [0, 0.1) is 5.92 Å². The quantitative estimate of drug-likeness (QED) is 0.691. The standard InChI is InChI=1S/C22H28N4O4S2/c27-21(24-15-17-5-4-8-23-14-17)18-6-11-26(12-7-18)32(29,30)20-13-19(16-31-20)22(28)25-9-2-1-3-10-25/h4-5,8,13-14,16,18H,1-3,6-7,9-12,15H2,(H,24,27). The third-order valence-corrected chi connectivity index (χ3v) is 9.39. The maximum atomic E-state index is 13.1. The van der Waals surface area contributed by atoms with E-state index in [0.29, 0.717) is 38.0 Å². The van der Waals surface area contributed by atoms with Crippen LogP contribution in [0.1, 0.15) is 48.0 Å². The van der Waals surface area contributed by atoms with Crippen molar-refractivity contribution in [3.05, 3.63) is 47.1 Å². The molecule has 4 rings (SSSR count). The zero-order chi connectivity index (χ0) is 22.6. The minimum Gasteiger partial charge on any atom is -0.352 e. The first-order valence-corrected chi connectivity index (χ1v) is 13.3. The molecule has 10 heteroatoms. The predicted octanol–water partition coefficient (Wildman–Crippen LogP) is 2.49. The molecule has 0 spiro atoms. The first kappa shape index (κ1) is 22.9. The van der Waals surface area contributed by atoms with E-state index in [1.165, 1.54) is 10.4 Å². The van der Waals surface area contributed by atoms with Gasteiger partial charge in [-0.1, -0.05) is 6.07 Å². The van der Waals surface area contributed by atoms with Gasteiger partial charge in [0.1, 0.15) is 4.21 Å². The molecule has 2 aliphatic rings. The lowest BCUT2D eigenvalue weighted by molar-refractivity contribution is -0.126. The second-order valence-corrected chi connectivity index (χ2v) is 11.3. The first-order chi connectivity index (χ1) is 15.4. The van der Waals surface area contributed by atoms with Gasteiger partial charge >= 0.3 is 0 Å². The van der Waals surface area contributed by atoms with E-state index in [1.54, 1.807) is 22.7 Å². The van der Waals surface area contributed by atoms with Crippen LogP contribution in [0.2, 0.25) is 0 Å². The largest absolute Gasteiger partial charge is 0.352 e. The average Bonchev–Trinajstić information content (AvgIpc) is 3.35. The smallest absolute Gasteiger partial charge is 0.254 e. The van der Waals surface area contributed by atoms with Crippen LogP contribution < -0.4 is 5.32 Å². The van der Waals surface area contributed by atoms with Gasteiger partial charge in [-0.15, -0.1) is 11.3 Å². The normalized spacial score (nSPS) is 18.4. The van der Waals surface area contributed by atoms with E-state index >= 15 is 0 Å². The first-order valence-electron chi connectivity index (χ1n) is 11.0. The van der Waals surface area contributed by atoms with E-state index in [4.69, 9.17) is 0 Å². The fourth-order valence-electron chi connectivity index (χ4n) is 4.17. The summed E-state index contributed by atoms with van der Waals surface area (Å²) in [4.78, 5) is 31.0. The number of piperidine rings is 2. The van der Waals surface area contributed by atoms with E-state index in [2.05, 4.69) is 10.3 Å². The molecule has 0 atom stereocenters. The van der Waals surface area contributed by atoms with Crippen LogP contribution >= 0.6 is 11.3 Å². The van der Waals surface area contributed by atoms with Crippen molar-refractivity contribution in [1.82, 2.24) is 19.5 Å². The van der Waals surface area contributed by atoms with Gasteiger partial charge in [0.05, 0.1) is 5.56 Å². The summed E-state index contributed by atoms with van der Waals surface area (Å²) < 4.78 is 27.8. The lowest BCUT2D eigenvalue weighted by Crippen LogP contribution is -2.42. The van der Waals surface area contributed by atoms with Crippen LogP contribution in [0.4, 0.5) is 0 Å². The van der Waals surface area contributed by atoms with Crippen molar-refractivity contribution < 1.29 is 18.0 Å². The number of thiophene rings is 1. The van der Waals surface area contributed by atoms with Gasteiger partial charge < -0.3 is 10.2 Å². The number of amides is 2. The highest BCUT2D eigenvalue weighted by Gasteiger charge is 2.33. The Balaban J connectivity index is 1.32. The maximum Gasteiger partial charge on any atom is 0.254 e. The topological polar surface area (TPSA) is 99.7 Å². The van der Waals surface area contributed by atoms with Crippen LogP contribution in [0.25, 0.3) is 0 Å². The van der Waals surface area contributed by atoms with Crippen LogP contribution in [-0.2, 0) is 21.4 Å². The van der Waals surface area contributed by atoms with Gasteiger partial charge in [0, 0.05) is 56.4 Å². The molecule has 2 aromatic rings. The number of nitrogens with one attached hydrogen (secondary N) is 1. The van der Waals surface area contributed by atoms with Crippen LogP contribution in [-0.4, -0.2) is 60.6 Å². The Labute approximate surface area is 192 Å². The number of carbonyl (C=O) groups is 2. The van der Waals surface area contributed by atoms with Crippen LogP contribution in [0.5, 0.6) is 0 Å². The summed E-state index contributed by atoms with van der Waals surface area (Å²) in [6.45, 7) is 2.45. The van der Waals surface area contributed by atoms with Crippen molar-refractivity contribution in [2.75, 3.05) is 26.2 Å². The molecule has 1 N–H and O–H groups in total. The molecule has 2 aromatic heterocycles. The Bertz CT molecular complexity index is 1040. The van der Waals surface area contributed by atoms with E-state index < -0.39 is 10.0 Å². The molecule has 0 radical (unpaired) electrons. The van der Waals surface area contributed by atoms with Gasteiger partial charge in [-0.2, -0.15) is 4.31 Å². The number of hydrogen-bond acceptors (Lipinski definition) is 6. The lowest BCUT2D eigenvalue weighted by Gasteiger charge is -2.30. The Morgan fingerprint density at radius 2 is 1.88 bits per heavy atom. The second kappa shape index (κ2) is 10.1. The van der Waals surface area contributed by atoms with Gasteiger partial charge in [0.15, 0.2) is 0 Å². The average molecular weight is 477 g/mol. The van der Waals surface area contributed by atoms with Gasteiger partial charge in [-0.05, 0) is 49.8 Å². The van der Waals surface area contributed by atoms with Crippen LogP contribution in [0.3, 0.4) is 0 Å². The number of hydrogen-bond donors (Lipinski definition) is 1. The SMILES string of the molecule is O=C(NCc1cccnc1)C1CCN(S(=O)(=O)c2cc(C(=O)N3CCCCC3)cs2)CC1. The molecule has 2 fully saturated rings.